The fraction of sp³-hybridized carbons (Fsp3) is 0.0968. The van der Waals surface area contributed by atoms with Gasteiger partial charge in [0, 0.05) is 12.6 Å². The predicted octanol–water partition coefficient (Wildman–Crippen LogP) is 6.46. The lowest BCUT2D eigenvalue weighted by molar-refractivity contribution is 0.330. The Hall–Kier alpha value is -4.95. The summed E-state index contributed by atoms with van der Waals surface area (Å²) in [5.41, 5.74) is 1.84. The summed E-state index contributed by atoms with van der Waals surface area (Å²) in [4.78, 5) is 10.8. The molecule has 0 bridgehead atoms. The Kier molecular flexibility index (Phi) is 7.11. The number of benzene rings is 5. The van der Waals surface area contributed by atoms with Crippen LogP contribution in [0.1, 0.15) is 17.3 Å². The van der Waals surface area contributed by atoms with Crippen LogP contribution in [0.2, 0.25) is 0 Å². The number of amidine groups is 1. The molecule has 0 heterocycles. The van der Waals surface area contributed by atoms with Crippen molar-refractivity contribution in [2.45, 2.75) is 6.17 Å². The van der Waals surface area contributed by atoms with Gasteiger partial charge < -0.3 is 30.4 Å². The predicted molar refractivity (Wildman–Crippen MR) is 159 cm³/mol. The molecule has 5 rings (SSSR count). The van der Waals surface area contributed by atoms with E-state index in [0.717, 1.165) is 32.7 Å². The van der Waals surface area contributed by atoms with E-state index in [2.05, 4.69) is 28.8 Å². The average molecular weight is 556 g/mol. The van der Waals surface area contributed by atoms with E-state index in [0.29, 0.717) is 11.4 Å². The molecule has 0 aliphatic carbocycles. The minimum absolute atomic E-state index is 0.0324. The second-order valence-corrected chi connectivity index (χ2v) is 9.51. The summed E-state index contributed by atoms with van der Waals surface area (Å²) in [6.07, 6.45) is -0.426. The van der Waals surface area contributed by atoms with Crippen molar-refractivity contribution in [2.24, 2.45) is 9.98 Å². The Morgan fingerprint density at radius 1 is 0.750 bits per heavy atom. The van der Waals surface area contributed by atoms with Gasteiger partial charge in [0.2, 0.25) is 17.2 Å². The van der Waals surface area contributed by atoms with E-state index in [4.69, 9.17) is 11.6 Å². The zero-order valence-electron chi connectivity index (χ0n) is 21.5. The highest BCUT2D eigenvalue weighted by molar-refractivity contribution is 6.18. The monoisotopic (exact) mass is 555 g/mol. The van der Waals surface area contributed by atoms with Crippen LogP contribution in [0.25, 0.3) is 32.7 Å². The number of halogens is 1. The third kappa shape index (κ3) is 4.58. The van der Waals surface area contributed by atoms with Gasteiger partial charge >= 0.3 is 0 Å². The Balaban J connectivity index is 1.53. The molecule has 0 aliphatic heterocycles. The lowest BCUT2D eigenvalue weighted by Gasteiger charge is -2.29. The van der Waals surface area contributed by atoms with Crippen LogP contribution in [0.5, 0.6) is 28.7 Å². The molecule has 0 radical (unpaired) electrons. The molecule has 202 valence electrons. The van der Waals surface area contributed by atoms with Crippen molar-refractivity contribution in [3.05, 3.63) is 90.0 Å². The fourth-order valence-corrected chi connectivity index (χ4v) is 5.01. The van der Waals surface area contributed by atoms with E-state index in [1.807, 2.05) is 60.5 Å². The zero-order valence-corrected chi connectivity index (χ0v) is 22.2. The topological polar surface area (TPSA) is 129 Å². The molecule has 8 nitrogen and oxygen atoms in total. The molecule has 9 heteroatoms. The summed E-state index contributed by atoms with van der Waals surface area (Å²) in [6, 6.07) is 24.9. The summed E-state index contributed by atoms with van der Waals surface area (Å²) in [7, 11) is 1.88. The number of phenolic OH excluding ortho intramolecular Hbond substituents is 5. The molecule has 1 atom stereocenters. The molecule has 0 spiro atoms. The van der Waals surface area contributed by atoms with E-state index in [1.165, 1.54) is 0 Å². The minimum atomic E-state index is -1.00. The molecular weight excluding hydrogens is 530 g/mol. The summed E-state index contributed by atoms with van der Waals surface area (Å²) in [5, 5.41) is 54.1. The largest absolute Gasteiger partial charge is 0.504 e. The number of alkyl halides is 1. The van der Waals surface area contributed by atoms with Crippen LogP contribution >= 0.6 is 11.6 Å². The average Bonchev–Trinajstić information content (AvgIpc) is 2.98. The number of hydrogen-bond donors (Lipinski definition) is 5. The smallest absolute Gasteiger partial charge is 0.208 e. The molecule has 0 aliphatic rings. The molecule has 0 amide bonds. The third-order valence-electron chi connectivity index (χ3n) is 6.91. The summed E-state index contributed by atoms with van der Waals surface area (Å²) < 4.78 is 0. The Morgan fingerprint density at radius 3 is 2.00 bits per heavy atom. The highest BCUT2D eigenvalue weighted by Crippen LogP contribution is 2.54. The standard InChI is InChI=1S/C31H26ClN3O5/c1-33-30(22-11-7-17-5-3-4-6-18(17)14-22)35(2)31(34-16-32)23-12-9-19-13-21(10-8-20(19)15-23)24-25(36)27(38)29(40)28(39)26(24)37/h3-15,30,36-40H,1,16H2,2H3. The van der Waals surface area contributed by atoms with Gasteiger partial charge in [0.15, 0.2) is 11.5 Å². The molecule has 5 aromatic carbocycles. The van der Waals surface area contributed by atoms with Gasteiger partial charge in [-0.05, 0) is 57.6 Å². The van der Waals surface area contributed by atoms with Gasteiger partial charge in [0.05, 0.1) is 5.56 Å². The maximum atomic E-state index is 10.3. The molecule has 1 unspecified atom stereocenters. The van der Waals surface area contributed by atoms with E-state index in [-0.39, 0.29) is 11.6 Å². The van der Waals surface area contributed by atoms with Crippen molar-refractivity contribution in [1.29, 1.82) is 0 Å². The molecule has 0 aromatic heterocycles. The first-order valence-corrected chi connectivity index (χ1v) is 12.8. The first-order valence-electron chi connectivity index (χ1n) is 12.3. The van der Waals surface area contributed by atoms with Gasteiger partial charge in [-0.2, -0.15) is 0 Å². The SMILES string of the molecule is C=NC(c1ccc2ccccc2c1)N(C)C(=NCCl)c1ccc2cc(-c3c(O)c(O)c(O)c(O)c3O)ccc2c1. The van der Waals surface area contributed by atoms with Gasteiger partial charge in [0.1, 0.15) is 18.0 Å². The normalized spacial score (nSPS) is 12.5. The number of phenols is 5. The van der Waals surface area contributed by atoms with Crippen molar-refractivity contribution in [1.82, 2.24) is 4.90 Å². The van der Waals surface area contributed by atoms with Crippen LogP contribution in [-0.2, 0) is 0 Å². The van der Waals surface area contributed by atoms with Crippen molar-refractivity contribution in [3.8, 4) is 39.9 Å². The van der Waals surface area contributed by atoms with Crippen molar-refractivity contribution in [3.63, 3.8) is 0 Å². The van der Waals surface area contributed by atoms with Gasteiger partial charge in [-0.3, -0.25) is 9.98 Å². The number of aromatic hydroxyl groups is 5. The maximum absolute atomic E-state index is 10.3. The number of hydrogen-bond acceptors (Lipinski definition) is 7. The molecule has 0 fully saturated rings. The summed E-state index contributed by atoms with van der Waals surface area (Å²) >= 11 is 6.07. The lowest BCUT2D eigenvalue weighted by Crippen LogP contribution is -2.31. The zero-order chi connectivity index (χ0) is 28.6. The Bertz CT molecular complexity index is 1770. The molecule has 0 saturated heterocycles. The van der Waals surface area contributed by atoms with Crippen molar-refractivity contribution < 1.29 is 25.5 Å². The maximum Gasteiger partial charge on any atom is 0.208 e. The van der Waals surface area contributed by atoms with Crippen molar-refractivity contribution >= 4 is 45.7 Å². The second-order valence-electron chi connectivity index (χ2n) is 9.27. The minimum Gasteiger partial charge on any atom is -0.504 e. The summed E-state index contributed by atoms with van der Waals surface area (Å²) in [5.74, 6) is -3.76. The third-order valence-corrected chi connectivity index (χ3v) is 7.03. The number of nitrogens with zero attached hydrogens (tertiary/aromatic N) is 3. The molecule has 0 saturated carbocycles. The van der Waals surface area contributed by atoms with Crippen LogP contribution in [0, 0.1) is 0 Å². The number of aliphatic imine (C=N–C) groups is 2. The summed E-state index contributed by atoms with van der Waals surface area (Å²) in [6.45, 7) is 3.82. The molecular formula is C31H26ClN3O5. The van der Waals surface area contributed by atoms with Crippen LogP contribution in [0.3, 0.4) is 0 Å². The van der Waals surface area contributed by atoms with E-state index in [1.54, 1.807) is 18.2 Å². The van der Waals surface area contributed by atoms with Crippen molar-refractivity contribution in [2.75, 3.05) is 13.1 Å². The Labute approximate surface area is 235 Å². The van der Waals surface area contributed by atoms with E-state index in [9.17, 15) is 25.5 Å². The van der Waals surface area contributed by atoms with Crippen LogP contribution < -0.4 is 0 Å². The molecule has 40 heavy (non-hydrogen) atoms. The number of rotatable bonds is 6. The fourth-order valence-electron chi connectivity index (χ4n) is 4.90. The van der Waals surface area contributed by atoms with Gasteiger partial charge in [-0.1, -0.05) is 60.7 Å². The second kappa shape index (κ2) is 10.7. The quantitative estimate of drug-likeness (QED) is 0.0408. The van der Waals surface area contributed by atoms with Crippen LogP contribution in [-0.4, -0.2) is 56.0 Å². The van der Waals surface area contributed by atoms with Crippen LogP contribution in [0.15, 0.2) is 88.8 Å². The first kappa shape index (κ1) is 26.6. The van der Waals surface area contributed by atoms with Gasteiger partial charge in [-0.15, -0.1) is 11.6 Å². The van der Waals surface area contributed by atoms with Gasteiger partial charge in [-0.25, -0.2) is 0 Å². The van der Waals surface area contributed by atoms with Gasteiger partial charge in [0.25, 0.3) is 0 Å². The van der Waals surface area contributed by atoms with E-state index >= 15 is 0 Å². The lowest BCUT2D eigenvalue weighted by atomic mass is 9.97. The van der Waals surface area contributed by atoms with E-state index < -0.39 is 34.9 Å². The highest BCUT2D eigenvalue weighted by Gasteiger charge is 2.25. The molecule has 5 N–H and O–H groups in total. The molecule has 5 aromatic rings. The first-order chi connectivity index (χ1) is 19.2. The Morgan fingerprint density at radius 2 is 1.32 bits per heavy atom. The highest BCUT2D eigenvalue weighted by atomic mass is 35.5. The van der Waals surface area contributed by atoms with Crippen LogP contribution in [0.4, 0.5) is 0 Å². The number of fused-ring (bicyclic) bond motifs is 2.